The number of hydrogen-bond donors (Lipinski definition) is 1. The molecule has 0 aromatic heterocycles. The number of likely N-dealkylation sites (tertiary alicyclic amines) is 1. The zero-order valence-corrected chi connectivity index (χ0v) is 7.80. The highest BCUT2D eigenvalue weighted by atomic mass is 16.3. The molecule has 11 heavy (non-hydrogen) atoms. The summed E-state index contributed by atoms with van der Waals surface area (Å²) in [4.78, 5) is 2.31. The SMILES string of the molecule is CC(C)CCN1CC(C)(O)C1. The molecule has 2 heteroatoms. The highest BCUT2D eigenvalue weighted by Crippen LogP contribution is 2.20. The fourth-order valence-electron chi connectivity index (χ4n) is 1.52. The summed E-state index contributed by atoms with van der Waals surface area (Å²) in [6, 6.07) is 0. The molecule has 1 aliphatic rings. The van der Waals surface area contributed by atoms with Gasteiger partial charge < -0.3 is 5.11 Å². The molecular formula is C9H19NO. The molecule has 2 nitrogen and oxygen atoms in total. The van der Waals surface area contributed by atoms with Gasteiger partial charge in [-0.15, -0.1) is 0 Å². The third kappa shape index (κ3) is 2.80. The maximum Gasteiger partial charge on any atom is 0.0872 e. The Morgan fingerprint density at radius 3 is 2.36 bits per heavy atom. The van der Waals surface area contributed by atoms with Gasteiger partial charge >= 0.3 is 0 Å². The van der Waals surface area contributed by atoms with E-state index in [0.717, 1.165) is 25.6 Å². The van der Waals surface area contributed by atoms with E-state index in [9.17, 15) is 5.11 Å². The van der Waals surface area contributed by atoms with Gasteiger partial charge in [0.1, 0.15) is 0 Å². The predicted molar refractivity (Wildman–Crippen MR) is 46.5 cm³/mol. The van der Waals surface area contributed by atoms with Gasteiger partial charge in [-0.2, -0.15) is 0 Å². The normalized spacial score (nSPS) is 23.7. The van der Waals surface area contributed by atoms with Crippen molar-refractivity contribution < 1.29 is 5.11 Å². The topological polar surface area (TPSA) is 23.5 Å². The summed E-state index contributed by atoms with van der Waals surface area (Å²) in [7, 11) is 0. The maximum absolute atomic E-state index is 9.41. The predicted octanol–water partition coefficient (Wildman–Crippen LogP) is 1.10. The van der Waals surface area contributed by atoms with Gasteiger partial charge in [-0.25, -0.2) is 0 Å². The van der Waals surface area contributed by atoms with Crippen molar-refractivity contribution in [2.75, 3.05) is 19.6 Å². The molecule has 1 rings (SSSR count). The van der Waals surface area contributed by atoms with Gasteiger partial charge in [0, 0.05) is 13.1 Å². The zero-order valence-electron chi connectivity index (χ0n) is 7.80. The molecule has 0 bridgehead atoms. The second kappa shape index (κ2) is 3.11. The average molecular weight is 157 g/mol. The van der Waals surface area contributed by atoms with Gasteiger partial charge in [0.15, 0.2) is 0 Å². The van der Waals surface area contributed by atoms with E-state index in [0.29, 0.717) is 0 Å². The first-order valence-electron chi connectivity index (χ1n) is 4.44. The summed E-state index contributed by atoms with van der Waals surface area (Å²) in [6.07, 6.45) is 1.25. The van der Waals surface area contributed by atoms with E-state index in [2.05, 4.69) is 18.7 Å². The van der Waals surface area contributed by atoms with Gasteiger partial charge in [0.05, 0.1) is 5.60 Å². The summed E-state index contributed by atoms with van der Waals surface area (Å²) in [6.45, 7) is 9.24. The molecule has 0 saturated carbocycles. The van der Waals surface area contributed by atoms with Crippen molar-refractivity contribution in [2.45, 2.75) is 32.8 Å². The van der Waals surface area contributed by atoms with Crippen LogP contribution in [0, 0.1) is 5.92 Å². The van der Waals surface area contributed by atoms with Crippen molar-refractivity contribution in [3.05, 3.63) is 0 Å². The van der Waals surface area contributed by atoms with Gasteiger partial charge in [-0.3, -0.25) is 4.90 Å². The van der Waals surface area contributed by atoms with Crippen molar-refractivity contribution in [2.24, 2.45) is 5.92 Å². The fourth-order valence-corrected chi connectivity index (χ4v) is 1.52. The molecule has 0 unspecified atom stereocenters. The lowest BCUT2D eigenvalue weighted by Gasteiger charge is -2.44. The fraction of sp³-hybridized carbons (Fsp3) is 1.00. The molecule has 0 aromatic rings. The van der Waals surface area contributed by atoms with Crippen LogP contribution in [0.25, 0.3) is 0 Å². The van der Waals surface area contributed by atoms with E-state index < -0.39 is 5.60 Å². The smallest absolute Gasteiger partial charge is 0.0872 e. The molecule has 1 N–H and O–H groups in total. The van der Waals surface area contributed by atoms with Crippen molar-refractivity contribution in [1.29, 1.82) is 0 Å². The quantitative estimate of drug-likeness (QED) is 0.663. The molecule has 1 saturated heterocycles. The molecule has 1 fully saturated rings. The molecule has 1 aliphatic heterocycles. The Kier molecular flexibility index (Phi) is 2.55. The average Bonchev–Trinajstić information content (AvgIpc) is 1.78. The Hall–Kier alpha value is -0.0800. The van der Waals surface area contributed by atoms with Crippen LogP contribution in [0.1, 0.15) is 27.2 Å². The van der Waals surface area contributed by atoms with Gasteiger partial charge in [0.25, 0.3) is 0 Å². The van der Waals surface area contributed by atoms with Gasteiger partial charge in [-0.1, -0.05) is 13.8 Å². The standard InChI is InChI=1S/C9H19NO/c1-8(2)4-5-10-6-9(3,11)7-10/h8,11H,4-7H2,1-3H3. The summed E-state index contributed by atoms with van der Waals surface area (Å²) < 4.78 is 0. The number of aliphatic hydroxyl groups is 1. The number of hydrogen-bond acceptors (Lipinski definition) is 2. The molecule has 66 valence electrons. The summed E-state index contributed by atoms with van der Waals surface area (Å²) in [5.74, 6) is 0.778. The Labute approximate surface area is 69.2 Å². The lowest BCUT2D eigenvalue weighted by atomic mass is 9.96. The monoisotopic (exact) mass is 157 g/mol. The first-order chi connectivity index (χ1) is 4.99. The van der Waals surface area contributed by atoms with Crippen LogP contribution in [0.2, 0.25) is 0 Å². The third-order valence-electron chi connectivity index (χ3n) is 2.15. The number of nitrogens with zero attached hydrogens (tertiary/aromatic N) is 1. The lowest BCUT2D eigenvalue weighted by Crippen LogP contribution is -2.59. The summed E-state index contributed by atoms with van der Waals surface area (Å²) >= 11 is 0. The minimum Gasteiger partial charge on any atom is -0.388 e. The van der Waals surface area contributed by atoms with E-state index in [1.807, 2.05) is 6.92 Å². The Balaban J connectivity index is 2.05. The van der Waals surface area contributed by atoms with Crippen LogP contribution in [0.3, 0.4) is 0 Å². The van der Waals surface area contributed by atoms with Crippen LogP contribution in [-0.2, 0) is 0 Å². The second-order valence-corrected chi connectivity index (χ2v) is 4.39. The molecule has 0 radical (unpaired) electrons. The van der Waals surface area contributed by atoms with E-state index >= 15 is 0 Å². The Morgan fingerprint density at radius 1 is 1.45 bits per heavy atom. The number of β-amino-alcohol motifs (C(OH)–C–C–N with tert-alkyl or cyclic N) is 1. The van der Waals surface area contributed by atoms with Crippen LogP contribution >= 0.6 is 0 Å². The maximum atomic E-state index is 9.41. The summed E-state index contributed by atoms with van der Waals surface area (Å²) in [5.41, 5.74) is -0.392. The molecule has 0 aliphatic carbocycles. The van der Waals surface area contributed by atoms with Crippen LogP contribution in [0.15, 0.2) is 0 Å². The molecule has 0 aromatic carbocycles. The largest absolute Gasteiger partial charge is 0.388 e. The highest BCUT2D eigenvalue weighted by molar-refractivity contribution is 4.91. The van der Waals surface area contributed by atoms with E-state index in [1.54, 1.807) is 0 Å². The Bertz CT molecular complexity index is 124. The van der Waals surface area contributed by atoms with Gasteiger partial charge in [-0.05, 0) is 25.8 Å². The van der Waals surface area contributed by atoms with Crippen molar-refractivity contribution in [3.8, 4) is 0 Å². The van der Waals surface area contributed by atoms with Crippen molar-refractivity contribution in [1.82, 2.24) is 4.90 Å². The second-order valence-electron chi connectivity index (χ2n) is 4.39. The summed E-state index contributed by atoms with van der Waals surface area (Å²) in [5, 5.41) is 9.41. The van der Waals surface area contributed by atoms with Gasteiger partial charge in [0.2, 0.25) is 0 Å². The van der Waals surface area contributed by atoms with E-state index in [-0.39, 0.29) is 0 Å². The molecule has 0 amide bonds. The molecular weight excluding hydrogens is 138 g/mol. The Morgan fingerprint density at radius 2 is 2.00 bits per heavy atom. The first-order valence-corrected chi connectivity index (χ1v) is 4.44. The minimum absolute atomic E-state index is 0.392. The van der Waals surface area contributed by atoms with E-state index in [4.69, 9.17) is 0 Å². The third-order valence-corrected chi connectivity index (χ3v) is 2.15. The van der Waals surface area contributed by atoms with Crippen molar-refractivity contribution >= 4 is 0 Å². The molecule has 1 heterocycles. The zero-order chi connectivity index (χ0) is 8.48. The highest BCUT2D eigenvalue weighted by Gasteiger charge is 2.35. The lowest BCUT2D eigenvalue weighted by molar-refractivity contribution is -0.0841. The van der Waals surface area contributed by atoms with Crippen LogP contribution in [0.5, 0.6) is 0 Å². The molecule has 0 spiro atoms. The molecule has 0 atom stereocenters. The van der Waals surface area contributed by atoms with E-state index in [1.165, 1.54) is 6.42 Å². The minimum atomic E-state index is -0.392. The van der Waals surface area contributed by atoms with Crippen LogP contribution in [-0.4, -0.2) is 35.2 Å². The first kappa shape index (κ1) is 9.01. The number of rotatable bonds is 3. The van der Waals surface area contributed by atoms with Crippen molar-refractivity contribution in [3.63, 3.8) is 0 Å². The van der Waals surface area contributed by atoms with Crippen LogP contribution in [0.4, 0.5) is 0 Å². The van der Waals surface area contributed by atoms with Crippen LogP contribution < -0.4 is 0 Å².